The number of benzene rings is 2. The first-order valence-corrected chi connectivity index (χ1v) is 11.3. The molecule has 0 aliphatic rings. The molecule has 3 N–H and O–H groups in total. The van der Waals surface area contributed by atoms with E-state index >= 15 is 0 Å². The minimum absolute atomic E-state index is 0.233. The molecule has 0 aromatic heterocycles. The van der Waals surface area contributed by atoms with E-state index < -0.39 is 11.8 Å². The SMILES string of the molecule is CCCCNC(=O)C(=O)N/N=C\c1ccc(OCC(=O)Nc2cc(Cl)ccc2C)c(OCC)c1. The largest absolute Gasteiger partial charge is 0.490 e. The Morgan fingerprint density at radius 3 is 2.56 bits per heavy atom. The van der Waals surface area contributed by atoms with Crippen molar-refractivity contribution in [3.8, 4) is 11.5 Å². The summed E-state index contributed by atoms with van der Waals surface area (Å²) in [7, 11) is 0. The van der Waals surface area contributed by atoms with Crippen LogP contribution in [0.5, 0.6) is 11.5 Å². The van der Waals surface area contributed by atoms with Crippen LogP contribution in [0.15, 0.2) is 41.5 Å². The normalized spacial score (nSPS) is 10.6. The average molecular weight is 489 g/mol. The number of hydrogen-bond acceptors (Lipinski definition) is 6. The van der Waals surface area contributed by atoms with Crippen LogP contribution in [0.4, 0.5) is 5.69 Å². The van der Waals surface area contributed by atoms with Gasteiger partial charge in [-0.15, -0.1) is 0 Å². The molecule has 34 heavy (non-hydrogen) atoms. The molecule has 0 spiro atoms. The standard InChI is InChI=1S/C24H29ClN4O5/c1-4-6-11-26-23(31)24(32)29-27-14-17-8-10-20(21(12-17)33-5-2)34-15-22(30)28-19-13-18(25)9-7-16(19)3/h7-10,12-14H,4-6,11,15H2,1-3H3,(H,26,31)(H,28,30)(H,29,32)/b27-14-. The highest BCUT2D eigenvalue weighted by Crippen LogP contribution is 2.28. The maximum atomic E-state index is 12.3. The first kappa shape index (κ1) is 26.7. The van der Waals surface area contributed by atoms with E-state index in [1.54, 1.807) is 30.3 Å². The maximum absolute atomic E-state index is 12.3. The van der Waals surface area contributed by atoms with Crippen molar-refractivity contribution in [2.45, 2.75) is 33.6 Å². The minimum Gasteiger partial charge on any atom is -0.490 e. The number of halogens is 1. The number of carbonyl (C=O) groups excluding carboxylic acids is 3. The zero-order chi connectivity index (χ0) is 24.9. The molecule has 0 saturated carbocycles. The van der Waals surface area contributed by atoms with Crippen LogP contribution >= 0.6 is 11.6 Å². The van der Waals surface area contributed by atoms with Gasteiger partial charge in [0.2, 0.25) is 0 Å². The van der Waals surface area contributed by atoms with E-state index in [4.69, 9.17) is 21.1 Å². The summed E-state index contributed by atoms with van der Waals surface area (Å²) in [5.74, 6) is -1.16. The molecular weight excluding hydrogens is 460 g/mol. The Kier molecular flexibility index (Phi) is 10.9. The number of amides is 3. The molecule has 9 nitrogen and oxygen atoms in total. The number of aryl methyl sites for hydroxylation is 1. The van der Waals surface area contributed by atoms with Gasteiger partial charge in [-0.25, -0.2) is 5.43 Å². The third kappa shape index (κ3) is 8.74. The molecule has 0 unspecified atom stereocenters. The molecule has 0 aliphatic carbocycles. The van der Waals surface area contributed by atoms with Crippen molar-refractivity contribution in [2.75, 3.05) is 25.1 Å². The minimum atomic E-state index is -0.849. The third-order valence-corrected chi connectivity index (χ3v) is 4.74. The summed E-state index contributed by atoms with van der Waals surface area (Å²) in [5.41, 5.74) is 4.27. The first-order chi connectivity index (χ1) is 16.3. The van der Waals surface area contributed by atoms with Gasteiger partial charge in [0.05, 0.1) is 12.8 Å². The first-order valence-electron chi connectivity index (χ1n) is 10.9. The molecule has 0 saturated heterocycles. The average Bonchev–Trinajstić information content (AvgIpc) is 2.81. The van der Waals surface area contributed by atoms with Crippen molar-refractivity contribution in [3.63, 3.8) is 0 Å². The van der Waals surface area contributed by atoms with E-state index in [2.05, 4.69) is 21.2 Å². The van der Waals surface area contributed by atoms with Crippen LogP contribution in [-0.2, 0) is 14.4 Å². The number of carbonyl (C=O) groups is 3. The Hall–Kier alpha value is -3.59. The fraction of sp³-hybridized carbons (Fsp3) is 0.333. The Labute approximate surface area is 203 Å². The van der Waals surface area contributed by atoms with Crippen molar-refractivity contribution < 1.29 is 23.9 Å². The number of nitrogens with one attached hydrogen (secondary N) is 3. The van der Waals surface area contributed by atoms with E-state index in [1.807, 2.05) is 26.8 Å². The topological polar surface area (TPSA) is 118 Å². The summed E-state index contributed by atoms with van der Waals surface area (Å²) in [5, 5.41) is 9.59. The molecule has 0 fully saturated rings. The van der Waals surface area contributed by atoms with Crippen LogP contribution in [0.3, 0.4) is 0 Å². The fourth-order valence-electron chi connectivity index (χ4n) is 2.73. The molecule has 0 radical (unpaired) electrons. The molecule has 0 heterocycles. The Balaban J connectivity index is 1.95. The molecule has 0 atom stereocenters. The molecule has 3 amide bonds. The summed E-state index contributed by atoms with van der Waals surface area (Å²) in [4.78, 5) is 35.7. The van der Waals surface area contributed by atoms with Gasteiger partial charge in [0.15, 0.2) is 18.1 Å². The van der Waals surface area contributed by atoms with Crippen molar-refractivity contribution in [1.29, 1.82) is 0 Å². The highest BCUT2D eigenvalue weighted by atomic mass is 35.5. The molecular formula is C24H29ClN4O5. The van der Waals surface area contributed by atoms with Crippen LogP contribution in [0.25, 0.3) is 0 Å². The van der Waals surface area contributed by atoms with E-state index in [0.717, 1.165) is 18.4 Å². The van der Waals surface area contributed by atoms with Crippen LogP contribution in [-0.4, -0.2) is 43.7 Å². The molecule has 10 heteroatoms. The van der Waals surface area contributed by atoms with Gasteiger partial charge < -0.3 is 20.1 Å². The van der Waals surface area contributed by atoms with Crippen LogP contribution in [0, 0.1) is 6.92 Å². The van der Waals surface area contributed by atoms with Gasteiger partial charge in [-0.1, -0.05) is 31.0 Å². The molecule has 2 aromatic rings. The predicted octanol–water partition coefficient (Wildman–Crippen LogP) is 3.43. The highest BCUT2D eigenvalue weighted by Gasteiger charge is 2.12. The summed E-state index contributed by atoms with van der Waals surface area (Å²) in [6.07, 6.45) is 3.07. The lowest BCUT2D eigenvalue weighted by Crippen LogP contribution is -2.38. The van der Waals surface area contributed by atoms with E-state index in [9.17, 15) is 14.4 Å². The van der Waals surface area contributed by atoms with Gasteiger partial charge in [-0.3, -0.25) is 14.4 Å². The van der Waals surface area contributed by atoms with Crippen molar-refractivity contribution in [1.82, 2.24) is 10.7 Å². The number of rotatable bonds is 11. The second-order valence-electron chi connectivity index (χ2n) is 7.24. The lowest BCUT2D eigenvalue weighted by molar-refractivity contribution is -0.139. The molecule has 2 aromatic carbocycles. The second kappa shape index (κ2) is 13.8. The Bertz CT molecular complexity index is 1040. The van der Waals surface area contributed by atoms with Crippen molar-refractivity contribution >= 4 is 41.2 Å². The lowest BCUT2D eigenvalue weighted by Gasteiger charge is -2.13. The number of nitrogens with zero attached hydrogens (tertiary/aromatic N) is 1. The predicted molar refractivity (Wildman–Crippen MR) is 132 cm³/mol. The van der Waals surface area contributed by atoms with Gasteiger partial charge in [0.25, 0.3) is 5.91 Å². The second-order valence-corrected chi connectivity index (χ2v) is 7.68. The van der Waals surface area contributed by atoms with E-state index in [1.165, 1.54) is 6.21 Å². The van der Waals surface area contributed by atoms with Gasteiger partial charge in [-0.05, 0) is 61.7 Å². The zero-order valence-corrected chi connectivity index (χ0v) is 20.2. The molecule has 0 bridgehead atoms. The van der Waals surface area contributed by atoms with E-state index in [0.29, 0.717) is 40.9 Å². The Morgan fingerprint density at radius 1 is 1.03 bits per heavy atom. The summed E-state index contributed by atoms with van der Waals surface area (Å²) in [6, 6.07) is 10.2. The summed E-state index contributed by atoms with van der Waals surface area (Å²) in [6.45, 7) is 6.24. The van der Waals surface area contributed by atoms with Gasteiger partial charge in [-0.2, -0.15) is 5.10 Å². The van der Waals surface area contributed by atoms with Gasteiger partial charge in [0.1, 0.15) is 0 Å². The van der Waals surface area contributed by atoms with Crippen LogP contribution < -0.4 is 25.5 Å². The molecule has 2 rings (SSSR count). The zero-order valence-electron chi connectivity index (χ0n) is 19.4. The lowest BCUT2D eigenvalue weighted by atomic mass is 10.2. The van der Waals surface area contributed by atoms with Crippen LogP contribution in [0.2, 0.25) is 5.02 Å². The highest BCUT2D eigenvalue weighted by molar-refractivity contribution is 6.35. The summed E-state index contributed by atoms with van der Waals surface area (Å²) >= 11 is 5.99. The van der Waals surface area contributed by atoms with E-state index in [-0.39, 0.29) is 12.5 Å². The maximum Gasteiger partial charge on any atom is 0.329 e. The number of unbranched alkanes of at least 4 members (excludes halogenated alkanes) is 1. The molecule has 182 valence electrons. The quantitative estimate of drug-likeness (QED) is 0.194. The number of hydrogen-bond donors (Lipinski definition) is 3. The number of ether oxygens (including phenoxy) is 2. The number of anilines is 1. The Morgan fingerprint density at radius 2 is 1.82 bits per heavy atom. The molecule has 0 aliphatic heterocycles. The van der Waals surface area contributed by atoms with Gasteiger partial charge in [0, 0.05) is 17.3 Å². The summed E-state index contributed by atoms with van der Waals surface area (Å²) < 4.78 is 11.2. The smallest absolute Gasteiger partial charge is 0.329 e. The van der Waals surface area contributed by atoms with Crippen molar-refractivity contribution in [3.05, 3.63) is 52.5 Å². The van der Waals surface area contributed by atoms with Crippen LogP contribution in [0.1, 0.15) is 37.8 Å². The fourth-order valence-corrected chi connectivity index (χ4v) is 2.90. The van der Waals surface area contributed by atoms with Crippen molar-refractivity contribution in [2.24, 2.45) is 5.10 Å². The third-order valence-electron chi connectivity index (χ3n) is 4.50. The van der Waals surface area contributed by atoms with Gasteiger partial charge >= 0.3 is 11.8 Å². The monoisotopic (exact) mass is 488 g/mol. The number of hydrazone groups is 1.